The van der Waals surface area contributed by atoms with E-state index < -0.39 is 0 Å². The quantitative estimate of drug-likeness (QED) is 0.642. The number of hydrogen-bond acceptors (Lipinski definition) is 1. The van der Waals surface area contributed by atoms with Gasteiger partial charge in [0.25, 0.3) is 0 Å². The van der Waals surface area contributed by atoms with Gasteiger partial charge in [-0.15, -0.1) is 0 Å². The third-order valence-electron chi connectivity index (χ3n) is 2.02. The molecule has 0 aromatic carbocycles. The van der Waals surface area contributed by atoms with Gasteiger partial charge in [-0.05, 0) is 30.9 Å². The van der Waals surface area contributed by atoms with Crippen molar-refractivity contribution in [3.63, 3.8) is 0 Å². The average Bonchev–Trinajstić information content (AvgIpc) is 2.06. The van der Waals surface area contributed by atoms with E-state index in [0.29, 0.717) is 5.71 Å². The molecule has 0 amide bonds. The number of nitrogens with zero attached hydrogens (tertiary/aromatic N) is 2. The van der Waals surface area contributed by atoms with Crippen molar-refractivity contribution in [2.75, 3.05) is 0 Å². The van der Waals surface area contributed by atoms with E-state index in [-0.39, 0.29) is 19.5 Å². The zero-order valence-corrected chi connectivity index (χ0v) is 8.34. The normalized spacial score (nSPS) is 14.8. The molecule has 0 bridgehead atoms. The summed E-state index contributed by atoms with van der Waals surface area (Å²) in [4.78, 5) is 4.11. The Hall–Kier alpha value is -0.557. The fourth-order valence-electron chi connectivity index (χ4n) is 1.46. The summed E-state index contributed by atoms with van der Waals surface area (Å²) >= 11 is 0. The van der Waals surface area contributed by atoms with E-state index in [1.807, 2.05) is 12.1 Å². The summed E-state index contributed by atoms with van der Waals surface area (Å²) in [5.74, 6) is 0. The van der Waals surface area contributed by atoms with Crippen LogP contribution in [0.15, 0.2) is 18.3 Å². The van der Waals surface area contributed by atoms with Crippen molar-refractivity contribution in [1.29, 1.82) is 0 Å². The third-order valence-corrected chi connectivity index (χ3v) is 2.02. The van der Waals surface area contributed by atoms with Gasteiger partial charge in [0.15, 0.2) is 0 Å². The molecule has 1 aromatic heterocycles. The summed E-state index contributed by atoms with van der Waals surface area (Å²) < 4.78 is 0. The van der Waals surface area contributed by atoms with Crippen molar-refractivity contribution in [1.82, 2.24) is 4.98 Å². The zero-order chi connectivity index (χ0) is 7.68. The van der Waals surface area contributed by atoms with E-state index in [9.17, 15) is 5.41 Å². The summed E-state index contributed by atoms with van der Waals surface area (Å²) in [6.45, 7) is 0. The van der Waals surface area contributed by atoms with Crippen molar-refractivity contribution in [2.24, 2.45) is 0 Å². The summed E-state index contributed by atoms with van der Waals surface area (Å²) in [6, 6.07) is 3.94. The van der Waals surface area contributed by atoms with Crippen molar-refractivity contribution in [3.8, 4) is 0 Å². The molecule has 1 heterocycles. The minimum absolute atomic E-state index is 0. The predicted octanol–water partition coefficient (Wildman–Crippen LogP) is 1.77. The minimum Gasteiger partial charge on any atom is -0.806 e. The standard InChI is InChI=1S/C9H9N2.Ru/c10-8-5-1-3-7-4-2-6-11-9(7)8;/h2,4,6H,1,3,5H2;/q-1;+1. The first kappa shape index (κ1) is 9.53. The van der Waals surface area contributed by atoms with Crippen molar-refractivity contribution < 1.29 is 19.5 Å². The van der Waals surface area contributed by atoms with Crippen LogP contribution in [-0.2, 0) is 25.9 Å². The van der Waals surface area contributed by atoms with Gasteiger partial charge in [-0.2, -0.15) is 5.71 Å². The van der Waals surface area contributed by atoms with Crippen LogP contribution in [-0.4, -0.2) is 10.7 Å². The monoisotopic (exact) mass is 247 g/mol. The molecule has 2 nitrogen and oxygen atoms in total. The van der Waals surface area contributed by atoms with Crippen LogP contribution in [0.4, 0.5) is 0 Å². The molecule has 1 aromatic rings. The summed E-state index contributed by atoms with van der Waals surface area (Å²) in [7, 11) is 0. The van der Waals surface area contributed by atoms with Crippen LogP contribution < -0.4 is 0 Å². The van der Waals surface area contributed by atoms with E-state index in [2.05, 4.69) is 4.98 Å². The van der Waals surface area contributed by atoms with E-state index in [0.717, 1.165) is 25.0 Å². The molecule has 0 aliphatic heterocycles. The predicted molar refractivity (Wildman–Crippen MR) is 44.6 cm³/mol. The van der Waals surface area contributed by atoms with Gasteiger partial charge < -0.3 is 5.41 Å². The first-order valence-corrected chi connectivity index (χ1v) is 3.87. The van der Waals surface area contributed by atoms with Crippen LogP contribution in [0.2, 0.25) is 0 Å². The summed E-state index contributed by atoms with van der Waals surface area (Å²) in [6.07, 6.45) is 4.60. The second kappa shape index (κ2) is 3.90. The Labute approximate surface area is 84.7 Å². The maximum Gasteiger partial charge on any atom is 1.00 e. The molecule has 0 atom stereocenters. The van der Waals surface area contributed by atoms with Gasteiger partial charge in [-0.1, -0.05) is 6.07 Å². The van der Waals surface area contributed by atoms with Crippen molar-refractivity contribution in [3.05, 3.63) is 35.0 Å². The molecular weight excluding hydrogens is 237 g/mol. The second-order valence-electron chi connectivity index (χ2n) is 2.81. The van der Waals surface area contributed by atoms with Gasteiger partial charge in [-0.25, -0.2) is 0 Å². The largest absolute Gasteiger partial charge is 1.00 e. The number of rotatable bonds is 0. The number of aryl methyl sites for hydroxylation is 1. The Morgan fingerprint density at radius 2 is 2.17 bits per heavy atom. The molecule has 0 N–H and O–H groups in total. The molecule has 1 aliphatic rings. The molecule has 0 unspecified atom stereocenters. The molecule has 63 valence electrons. The Morgan fingerprint density at radius 3 is 2.92 bits per heavy atom. The van der Waals surface area contributed by atoms with E-state index >= 15 is 0 Å². The van der Waals surface area contributed by atoms with Crippen LogP contribution >= 0.6 is 0 Å². The maximum absolute atomic E-state index is 9.42. The fraction of sp³-hybridized carbons (Fsp3) is 0.333. The van der Waals surface area contributed by atoms with Crippen LogP contribution in [0.25, 0.3) is 5.41 Å². The molecular formula is C9H9N2Ru. The van der Waals surface area contributed by atoms with E-state index in [4.69, 9.17) is 0 Å². The van der Waals surface area contributed by atoms with Crippen molar-refractivity contribution >= 4 is 5.71 Å². The molecule has 3 heteroatoms. The number of fused-ring (bicyclic) bond motifs is 1. The molecule has 0 spiro atoms. The molecule has 0 saturated heterocycles. The third kappa shape index (κ3) is 1.61. The Balaban J connectivity index is 0.000000720. The first-order valence-electron chi connectivity index (χ1n) is 3.87. The molecule has 0 fully saturated rings. The molecule has 1 aliphatic carbocycles. The van der Waals surface area contributed by atoms with Crippen LogP contribution in [0.5, 0.6) is 0 Å². The molecule has 12 heavy (non-hydrogen) atoms. The molecule has 0 saturated carbocycles. The Bertz CT molecular complexity index is 296. The second-order valence-corrected chi connectivity index (χ2v) is 2.81. The maximum atomic E-state index is 9.42. The molecule has 1 radical (unpaired) electrons. The van der Waals surface area contributed by atoms with E-state index in [1.165, 1.54) is 5.56 Å². The van der Waals surface area contributed by atoms with Gasteiger partial charge in [0.05, 0.1) is 0 Å². The van der Waals surface area contributed by atoms with Crippen LogP contribution in [0.3, 0.4) is 0 Å². The van der Waals surface area contributed by atoms with Gasteiger partial charge in [0, 0.05) is 11.9 Å². The zero-order valence-electron chi connectivity index (χ0n) is 6.60. The van der Waals surface area contributed by atoms with Gasteiger partial charge >= 0.3 is 19.5 Å². The van der Waals surface area contributed by atoms with Gasteiger partial charge in [0.2, 0.25) is 0 Å². The minimum atomic E-state index is 0. The van der Waals surface area contributed by atoms with Gasteiger partial charge in [-0.3, -0.25) is 4.98 Å². The average molecular weight is 246 g/mol. The van der Waals surface area contributed by atoms with E-state index in [1.54, 1.807) is 6.20 Å². The molecule has 2 rings (SSSR count). The van der Waals surface area contributed by atoms with Crippen LogP contribution in [0, 0.1) is 0 Å². The fourth-order valence-corrected chi connectivity index (χ4v) is 1.46. The summed E-state index contributed by atoms with van der Waals surface area (Å²) in [5.41, 5.74) is 2.43. The summed E-state index contributed by atoms with van der Waals surface area (Å²) in [5, 5.41) is 9.42. The topological polar surface area (TPSA) is 35.2 Å². The number of pyridine rings is 1. The SMILES string of the molecule is [N-]=C1CCCc2cccnc21.[Ru+]. The van der Waals surface area contributed by atoms with Gasteiger partial charge in [0.1, 0.15) is 0 Å². The Kier molecular flexibility index (Phi) is 3.10. The van der Waals surface area contributed by atoms with Crippen molar-refractivity contribution in [2.45, 2.75) is 19.3 Å². The Morgan fingerprint density at radius 1 is 1.33 bits per heavy atom. The van der Waals surface area contributed by atoms with Crippen LogP contribution in [0.1, 0.15) is 24.1 Å². The number of aromatic nitrogens is 1. The number of hydrogen-bond donors (Lipinski definition) is 0. The first-order chi connectivity index (χ1) is 5.38. The smallest absolute Gasteiger partial charge is 0.806 e.